The third-order valence-electron chi connectivity index (χ3n) is 5.98. The van der Waals surface area contributed by atoms with Crippen LogP contribution in [0.5, 0.6) is 5.75 Å². The minimum atomic E-state index is -4.66. The molecule has 0 radical (unpaired) electrons. The summed E-state index contributed by atoms with van der Waals surface area (Å²) in [4.78, 5) is 12.8. The van der Waals surface area contributed by atoms with Gasteiger partial charge in [0, 0.05) is 41.2 Å². The van der Waals surface area contributed by atoms with Crippen LogP contribution < -0.4 is 20.7 Å². The first kappa shape index (κ1) is 24.9. The monoisotopic (exact) mass is 508 g/mol. The van der Waals surface area contributed by atoms with E-state index in [0.29, 0.717) is 36.0 Å². The first-order valence-electron chi connectivity index (χ1n) is 11.0. The third-order valence-corrected chi connectivity index (χ3v) is 6.23. The molecule has 11 heteroatoms. The van der Waals surface area contributed by atoms with Crippen molar-refractivity contribution < 1.29 is 27.2 Å². The van der Waals surface area contributed by atoms with Gasteiger partial charge in [0.25, 0.3) is 0 Å². The van der Waals surface area contributed by atoms with Gasteiger partial charge >= 0.3 is 12.2 Å². The first-order valence-corrected chi connectivity index (χ1v) is 11.3. The Morgan fingerprint density at radius 2 is 1.91 bits per heavy atom. The predicted octanol–water partition coefficient (Wildman–Crippen LogP) is 5.29. The molecule has 0 spiro atoms. The highest BCUT2D eigenvalue weighted by Crippen LogP contribution is 2.39. The topological polar surface area (TPSA) is 88.4 Å². The summed E-state index contributed by atoms with van der Waals surface area (Å²) in [6.45, 7) is 1.10. The van der Waals surface area contributed by atoms with E-state index in [1.54, 1.807) is 48.5 Å². The van der Waals surface area contributed by atoms with Crippen LogP contribution in [-0.2, 0) is 6.18 Å². The number of rotatable bonds is 6. The maximum Gasteiger partial charge on any atom is 0.452 e. The van der Waals surface area contributed by atoms with Gasteiger partial charge in [0.15, 0.2) is 0 Å². The number of alkyl halides is 3. The third kappa shape index (κ3) is 6.07. The highest BCUT2D eigenvalue weighted by atomic mass is 35.5. The van der Waals surface area contributed by atoms with E-state index in [-0.39, 0.29) is 17.7 Å². The van der Waals surface area contributed by atoms with Crippen LogP contribution in [0.3, 0.4) is 0 Å². The molecule has 4 rings (SSSR count). The molecule has 2 amide bonds. The van der Waals surface area contributed by atoms with E-state index >= 15 is 0 Å². The Kier molecular flexibility index (Phi) is 7.51. The standard InChI is InChI=1S/C24H24ClF3N4O3/c1-34-17-8-2-14(3-9-17)22(20-12-21(35-32-20)24(26,27)28)18-13-29-11-10-19(18)31-23(33)30-16-6-4-15(25)5-7-16/h2-9,12,18-19,22,29H,10-11,13H2,1H3,(H2,30,31,33). The average molecular weight is 509 g/mol. The molecule has 35 heavy (non-hydrogen) atoms. The minimum Gasteiger partial charge on any atom is -0.497 e. The Hall–Kier alpha value is -3.24. The van der Waals surface area contributed by atoms with Crippen molar-refractivity contribution in [1.29, 1.82) is 0 Å². The number of piperidine rings is 1. The first-order chi connectivity index (χ1) is 16.7. The fourth-order valence-electron chi connectivity index (χ4n) is 4.30. The molecule has 0 aliphatic carbocycles. The number of nitrogens with zero attached hydrogens (tertiary/aromatic N) is 1. The number of ether oxygens (including phenoxy) is 1. The number of hydrogen-bond donors (Lipinski definition) is 3. The molecule has 1 aromatic heterocycles. The quantitative estimate of drug-likeness (QED) is 0.421. The Labute approximate surface area is 205 Å². The zero-order chi connectivity index (χ0) is 25.0. The number of nitrogens with one attached hydrogen (secondary N) is 3. The van der Waals surface area contributed by atoms with Gasteiger partial charge in [-0.2, -0.15) is 13.2 Å². The fraction of sp³-hybridized carbons (Fsp3) is 0.333. The molecule has 3 unspecified atom stereocenters. The molecular weight excluding hydrogens is 485 g/mol. The Balaban J connectivity index is 1.62. The second kappa shape index (κ2) is 10.6. The zero-order valence-corrected chi connectivity index (χ0v) is 19.5. The van der Waals surface area contributed by atoms with Gasteiger partial charge in [-0.05, 0) is 54.9 Å². The van der Waals surface area contributed by atoms with E-state index in [1.807, 2.05) is 0 Å². The maximum absolute atomic E-state index is 13.3. The van der Waals surface area contributed by atoms with Gasteiger partial charge in [0.1, 0.15) is 5.75 Å². The number of anilines is 1. The number of hydrogen-bond acceptors (Lipinski definition) is 5. The number of aromatic nitrogens is 1. The summed E-state index contributed by atoms with van der Waals surface area (Å²) in [6.07, 6.45) is -4.08. The second-order valence-corrected chi connectivity index (χ2v) is 8.67. The summed E-state index contributed by atoms with van der Waals surface area (Å²) < 4.78 is 49.6. The van der Waals surface area contributed by atoms with Gasteiger partial charge in [-0.3, -0.25) is 0 Å². The van der Waals surface area contributed by atoms with Crippen molar-refractivity contribution in [2.75, 3.05) is 25.5 Å². The minimum absolute atomic E-state index is 0.140. The molecule has 3 aromatic rings. The number of amides is 2. The maximum atomic E-state index is 13.3. The van der Waals surface area contributed by atoms with Crippen LogP contribution in [0.1, 0.15) is 29.4 Å². The highest BCUT2D eigenvalue weighted by Gasteiger charge is 2.40. The van der Waals surface area contributed by atoms with E-state index in [0.717, 1.165) is 11.6 Å². The van der Waals surface area contributed by atoms with E-state index in [2.05, 4.69) is 25.6 Å². The number of methoxy groups -OCH3 is 1. The lowest BCUT2D eigenvalue weighted by atomic mass is 9.76. The number of carbonyl (C=O) groups excluding carboxylic acids is 1. The lowest BCUT2D eigenvalue weighted by Gasteiger charge is -2.37. The lowest BCUT2D eigenvalue weighted by Crippen LogP contribution is -2.52. The summed E-state index contributed by atoms with van der Waals surface area (Å²) in [5.41, 5.74) is 1.43. The van der Waals surface area contributed by atoms with Gasteiger partial charge in [0.2, 0.25) is 5.76 Å². The van der Waals surface area contributed by atoms with Crippen molar-refractivity contribution >= 4 is 23.3 Å². The summed E-state index contributed by atoms with van der Waals surface area (Å²) in [6, 6.07) is 13.9. The number of urea groups is 1. The predicted molar refractivity (Wildman–Crippen MR) is 125 cm³/mol. The zero-order valence-electron chi connectivity index (χ0n) is 18.7. The molecule has 186 valence electrons. The molecule has 2 aromatic carbocycles. The highest BCUT2D eigenvalue weighted by molar-refractivity contribution is 6.30. The summed E-state index contributed by atoms with van der Waals surface area (Å²) in [7, 11) is 1.53. The normalized spacial score (nSPS) is 19.1. The molecule has 7 nitrogen and oxygen atoms in total. The Morgan fingerprint density at radius 3 is 2.54 bits per heavy atom. The van der Waals surface area contributed by atoms with Crippen LogP contribution in [-0.4, -0.2) is 37.4 Å². The molecule has 3 N–H and O–H groups in total. The van der Waals surface area contributed by atoms with Crippen LogP contribution in [0.15, 0.2) is 59.1 Å². The lowest BCUT2D eigenvalue weighted by molar-refractivity contribution is -0.155. The Morgan fingerprint density at radius 1 is 1.20 bits per heavy atom. The van der Waals surface area contributed by atoms with E-state index < -0.39 is 23.9 Å². The smallest absolute Gasteiger partial charge is 0.452 e. The van der Waals surface area contributed by atoms with E-state index in [1.165, 1.54) is 7.11 Å². The van der Waals surface area contributed by atoms with Crippen LogP contribution in [0.25, 0.3) is 0 Å². The van der Waals surface area contributed by atoms with Crippen molar-refractivity contribution in [3.63, 3.8) is 0 Å². The molecule has 1 aliphatic heterocycles. The van der Waals surface area contributed by atoms with Crippen molar-refractivity contribution in [3.8, 4) is 5.75 Å². The van der Waals surface area contributed by atoms with Gasteiger partial charge in [-0.15, -0.1) is 0 Å². The SMILES string of the molecule is COc1ccc(C(c2cc(C(F)(F)F)on2)C2CNCCC2NC(=O)Nc2ccc(Cl)cc2)cc1. The van der Waals surface area contributed by atoms with Crippen LogP contribution in [0.2, 0.25) is 5.02 Å². The van der Waals surface area contributed by atoms with Gasteiger partial charge < -0.3 is 25.2 Å². The Bertz CT molecular complexity index is 1140. The number of halogens is 4. The van der Waals surface area contributed by atoms with Crippen molar-refractivity contribution in [2.45, 2.75) is 24.6 Å². The van der Waals surface area contributed by atoms with E-state index in [4.69, 9.17) is 16.3 Å². The number of carbonyl (C=O) groups is 1. The second-order valence-electron chi connectivity index (χ2n) is 8.23. The molecule has 0 saturated carbocycles. The van der Waals surface area contributed by atoms with E-state index in [9.17, 15) is 18.0 Å². The van der Waals surface area contributed by atoms with Crippen molar-refractivity contribution in [3.05, 3.63) is 76.6 Å². The molecule has 3 atom stereocenters. The summed E-state index contributed by atoms with van der Waals surface area (Å²) in [5, 5.41) is 13.3. The molecule has 1 saturated heterocycles. The molecule has 2 heterocycles. The molecule has 1 fully saturated rings. The molecular formula is C24H24ClF3N4O3. The van der Waals surface area contributed by atoms with Gasteiger partial charge in [-0.1, -0.05) is 28.9 Å². The molecule has 1 aliphatic rings. The fourth-order valence-corrected chi connectivity index (χ4v) is 4.42. The summed E-state index contributed by atoms with van der Waals surface area (Å²) >= 11 is 5.90. The van der Waals surface area contributed by atoms with Crippen LogP contribution in [0.4, 0.5) is 23.7 Å². The van der Waals surface area contributed by atoms with Crippen LogP contribution >= 0.6 is 11.6 Å². The number of benzene rings is 2. The van der Waals surface area contributed by atoms with Crippen LogP contribution in [0, 0.1) is 5.92 Å². The van der Waals surface area contributed by atoms with Gasteiger partial charge in [-0.25, -0.2) is 4.79 Å². The van der Waals surface area contributed by atoms with Crippen molar-refractivity contribution in [2.24, 2.45) is 5.92 Å². The van der Waals surface area contributed by atoms with Gasteiger partial charge in [0.05, 0.1) is 12.8 Å². The van der Waals surface area contributed by atoms with Crippen molar-refractivity contribution in [1.82, 2.24) is 15.8 Å². The summed E-state index contributed by atoms with van der Waals surface area (Å²) in [5.74, 6) is -1.43. The average Bonchev–Trinajstić information content (AvgIpc) is 3.33. The largest absolute Gasteiger partial charge is 0.497 e. The molecule has 0 bridgehead atoms.